The van der Waals surface area contributed by atoms with Crippen LogP contribution in [0.3, 0.4) is 0 Å². The number of nitrogens with one attached hydrogen (secondary N) is 2. The van der Waals surface area contributed by atoms with Crippen LogP contribution in [0.15, 0.2) is 54.9 Å². The van der Waals surface area contributed by atoms with Gasteiger partial charge in [-0.25, -0.2) is 0 Å². The summed E-state index contributed by atoms with van der Waals surface area (Å²) in [4.78, 5) is 19.3. The van der Waals surface area contributed by atoms with Crippen molar-refractivity contribution < 1.29 is 4.79 Å². The number of benzene rings is 1. The van der Waals surface area contributed by atoms with E-state index in [0.717, 1.165) is 16.5 Å². The fraction of sp³-hybridized carbons (Fsp3) is 0.125. The smallest absolute Gasteiger partial charge is 0.268 e. The van der Waals surface area contributed by atoms with E-state index in [4.69, 9.17) is 0 Å². The van der Waals surface area contributed by atoms with E-state index in [0.29, 0.717) is 5.69 Å². The monoisotopic (exact) mass is 265 g/mol. The lowest BCUT2D eigenvalue weighted by Gasteiger charge is -2.13. The lowest BCUT2D eigenvalue weighted by molar-refractivity contribution is 0.0935. The second-order valence-electron chi connectivity index (χ2n) is 4.75. The lowest BCUT2D eigenvalue weighted by Crippen LogP contribution is -2.26. The van der Waals surface area contributed by atoms with Gasteiger partial charge in [-0.05, 0) is 24.6 Å². The van der Waals surface area contributed by atoms with E-state index in [9.17, 15) is 4.79 Å². The molecule has 1 amide bonds. The summed E-state index contributed by atoms with van der Waals surface area (Å²) in [6, 6.07) is 13.6. The molecule has 1 aromatic carbocycles. The van der Waals surface area contributed by atoms with Gasteiger partial charge in [0.2, 0.25) is 0 Å². The molecule has 3 aromatic rings. The largest absolute Gasteiger partial charge is 0.349 e. The molecule has 1 atom stereocenters. The van der Waals surface area contributed by atoms with Crippen LogP contribution < -0.4 is 5.32 Å². The Bertz CT molecular complexity index is 701. The molecule has 0 aliphatic carbocycles. The van der Waals surface area contributed by atoms with Gasteiger partial charge in [-0.15, -0.1) is 0 Å². The number of fused-ring (bicyclic) bond motifs is 1. The number of carbonyl (C=O) groups excluding carboxylic acids is 1. The maximum absolute atomic E-state index is 12.2. The van der Waals surface area contributed by atoms with Gasteiger partial charge in [0, 0.05) is 11.6 Å². The molecule has 2 N–H and O–H groups in total. The van der Waals surface area contributed by atoms with E-state index in [-0.39, 0.29) is 11.9 Å². The molecule has 0 aliphatic heterocycles. The first-order chi connectivity index (χ1) is 9.74. The predicted molar refractivity (Wildman–Crippen MR) is 78.4 cm³/mol. The molecule has 0 spiro atoms. The Hall–Kier alpha value is -2.62. The van der Waals surface area contributed by atoms with Crippen molar-refractivity contribution in [3.8, 4) is 0 Å². The topological polar surface area (TPSA) is 57.8 Å². The summed E-state index contributed by atoms with van der Waals surface area (Å²) in [5, 5.41) is 3.97. The molecule has 0 radical (unpaired) electrons. The van der Waals surface area contributed by atoms with Crippen LogP contribution in [-0.4, -0.2) is 15.9 Å². The molecule has 2 aromatic heterocycles. The first-order valence-corrected chi connectivity index (χ1v) is 6.52. The predicted octanol–water partition coefficient (Wildman–Crippen LogP) is 3.05. The Balaban J connectivity index is 1.79. The number of rotatable bonds is 3. The van der Waals surface area contributed by atoms with Crippen LogP contribution >= 0.6 is 0 Å². The zero-order chi connectivity index (χ0) is 13.9. The van der Waals surface area contributed by atoms with Crippen LogP contribution in [0.2, 0.25) is 0 Å². The minimum absolute atomic E-state index is 0.0340. The molecule has 100 valence electrons. The number of H-pyrrole nitrogens is 1. The first kappa shape index (κ1) is 12.4. The second-order valence-corrected chi connectivity index (χ2v) is 4.75. The van der Waals surface area contributed by atoms with Crippen molar-refractivity contribution in [2.45, 2.75) is 13.0 Å². The van der Waals surface area contributed by atoms with Gasteiger partial charge >= 0.3 is 0 Å². The zero-order valence-electron chi connectivity index (χ0n) is 11.1. The Morgan fingerprint density at radius 1 is 1.25 bits per heavy atom. The molecule has 0 saturated carbocycles. The molecule has 3 rings (SSSR count). The number of amides is 1. The molecule has 0 bridgehead atoms. The summed E-state index contributed by atoms with van der Waals surface area (Å²) >= 11 is 0. The van der Waals surface area contributed by atoms with Crippen LogP contribution in [0.4, 0.5) is 0 Å². The number of carbonyl (C=O) groups is 1. The van der Waals surface area contributed by atoms with E-state index in [1.165, 1.54) is 0 Å². The third-order valence-corrected chi connectivity index (χ3v) is 3.32. The van der Waals surface area contributed by atoms with Gasteiger partial charge in [-0.3, -0.25) is 9.78 Å². The number of aromatic amines is 1. The number of hydrogen-bond donors (Lipinski definition) is 2. The Morgan fingerprint density at radius 3 is 2.80 bits per heavy atom. The summed E-state index contributed by atoms with van der Waals surface area (Å²) in [5.41, 5.74) is 2.50. The molecule has 0 unspecified atom stereocenters. The molecule has 0 fully saturated rings. The first-order valence-electron chi connectivity index (χ1n) is 6.52. The highest BCUT2D eigenvalue weighted by atomic mass is 16.1. The van der Waals surface area contributed by atoms with Gasteiger partial charge in [0.15, 0.2) is 0 Å². The van der Waals surface area contributed by atoms with E-state index in [1.54, 1.807) is 12.4 Å². The van der Waals surface area contributed by atoms with Gasteiger partial charge in [0.05, 0.1) is 17.8 Å². The molecule has 20 heavy (non-hydrogen) atoms. The van der Waals surface area contributed by atoms with Crippen molar-refractivity contribution in [2.24, 2.45) is 0 Å². The number of pyridine rings is 1. The Labute approximate surface area is 116 Å². The third kappa shape index (κ3) is 2.40. The fourth-order valence-electron chi connectivity index (χ4n) is 2.19. The minimum atomic E-state index is -0.113. The maximum Gasteiger partial charge on any atom is 0.268 e. The van der Waals surface area contributed by atoms with Crippen molar-refractivity contribution >= 4 is 16.8 Å². The van der Waals surface area contributed by atoms with Crippen LogP contribution in [-0.2, 0) is 0 Å². The third-order valence-electron chi connectivity index (χ3n) is 3.32. The van der Waals surface area contributed by atoms with Crippen molar-refractivity contribution in [1.82, 2.24) is 15.3 Å². The maximum atomic E-state index is 12.2. The van der Waals surface area contributed by atoms with E-state index in [1.807, 2.05) is 49.4 Å². The quantitative estimate of drug-likeness (QED) is 0.764. The average Bonchev–Trinajstić information content (AvgIpc) is 2.92. The summed E-state index contributed by atoms with van der Waals surface area (Å²) < 4.78 is 0. The molecule has 4 heteroatoms. The SMILES string of the molecule is C[C@H](NC(=O)c1cc2ccncc2[nH]1)c1ccccc1. The zero-order valence-corrected chi connectivity index (χ0v) is 11.1. The molecular formula is C16H15N3O. The van der Waals surface area contributed by atoms with Gasteiger partial charge in [0.1, 0.15) is 5.69 Å². The van der Waals surface area contributed by atoms with Crippen molar-refractivity contribution in [2.75, 3.05) is 0 Å². The minimum Gasteiger partial charge on any atom is -0.349 e. The second kappa shape index (κ2) is 5.17. The molecule has 0 aliphatic rings. The van der Waals surface area contributed by atoms with Crippen molar-refractivity contribution in [3.63, 3.8) is 0 Å². The summed E-state index contributed by atoms with van der Waals surface area (Å²) in [5.74, 6) is -0.113. The number of hydrogen-bond acceptors (Lipinski definition) is 2. The highest BCUT2D eigenvalue weighted by Gasteiger charge is 2.13. The highest BCUT2D eigenvalue weighted by Crippen LogP contribution is 2.15. The average molecular weight is 265 g/mol. The molecular weight excluding hydrogens is 250 g/mol. The van der Waals surface area contributed by atoms with E-state index in [2.05, 4.69) is 15.3 Å². The van der Waals surface area contributed by atoms with Crippen LogP contribution in [0.5, 0.6) is 0 Å². The highest BCUT2D eigenvalue weighted by molar-refractivity contribution is 5.97. The Kier molecular flexibility index (Phi) is 3.21. The van der Waals surface area contributed by atoms with Gasteiger partial charge in [-0.2, -0.15) is 0 Å². The lowest BCUT2D eigenvalue weighted by atomic mass is 10.1. The van der Waals surface area contributed by atoms with Gasteiger partial charge in [-0.1, -0.05) is 30.3 Å². The van der Waals surface area contributed by atoms with Crippen molar-refractivity contribution in [3.05, 3.63) is 66.1 Å². The standard InChI is InChI=1S/C16H15N3O/c1-11(12-5-3-2-4-6-12)18-16(20)14-9-13-7-8-17-10-15(13)19-14/h2-11,19H,1H3,(H,18,20)/t11-/m0/s1. The van der Waals surface area contributed by atoms with Crippen molar-refractivity contribution in [1.29, 1.82) is 0 Å². The van der Waals surface area contributed by atoms with E-state index >= 15 is 0 Å². The summed E-state index contributed by atoms with van der Waals surface area (Å²) in [6.45, 7) is 1.97. The van der Waals surface area contributed by atoms with Crippen LogP contribution in [0.1, 0.15) is 29.0 Å². The van der Waals surface area contributed by atoms with Gasteiger partial charge in [0.25, 0.3) is 5.91 Å². The van der Waals surface area contributed by atoms with Crippen LogP contribution in [0, 0.1) is 0 Å². The van der Waals surface area contributed by atoms with Crippen LogP contribution in [0.25, 0.3) is 10.9 Å². The van der Waals surface area contributed by atoms with Gasteiger partial charge < -0.3 is 10.3 Å². The summed E-state index contributed by atoms with van der Waals surface area (Å²) in [7, 11) is 0. The molecule has 4 nitrogen and oxygen atoms in total. The number of nitrogens with zero attached hydrogens (tertiary/aromatic N) is 1. The molecule has 0 saturated heterocycles. The Morgan fingerprint density at radius 2 is 2.05 bits per heavy atom. The number of aromatic nitrogens is 2. The summed E-state index contributed by atoms with van der Waals surface area (Å²) in [6.07, 6.45) is 3.43. The van der Waals surface area contributed by atoms with E-state index < -0.39 is 0 Å². The normalized spacial score (nSPS) is 12.2. The molecule has 2 heterocycles. The fourth-order valence-corrected chi connectivity index (χ4v) is 2.19.